The molecule has 1 N–H and O–H groups in total. The highest BCUT2D eigenvalue weighted by molar-refractivity contribution is 6.03. The van der Waals surface area contributed by atoms with Crippen LogP contribution in [0.25, 0.3) is 0 Å². The fraction of sp³-hybridized carbons (Fsp3) is 0.914. The molecule has 1 aliphatic rings. The summed E-state index contributed by atoms with van der Waals surface area (Å²) in [6.07, 6.45) is 2.91. The molecule has 0 aromatic heterocycles. The summed E-state index contributed by atoms with van der Waals surface area (Å²) >= 11 is 0. The van der Waals surface area contributed by atoms with Gasteiger partial charge in [0, 0.05) is 51.0 Å². The van der Waals surface area contributed by atoms with E-state index in [1.165, 1.54) is 4.90 Å². The molecule has 3 amide bonds. The summed E-state index contributed by atoms with van der Waals surface area (Å²) in [5.41, 5.74) is -1.22. The lowest BCUT2D eigenvalue weighted by Gasteiger charge is -2.40. The Balaban J connectivity index is 2.54. The van der Waals surface area contributed by atoms with Crippen molar-refractivity contribution in [1.82, 2.24) is 10.2 Å². The molecule has 0 aromatic carbocycles. The fourth-order valence-electron chi connectivity index (χ4n) is 5.54. The van der Waals surface area contributed by atoms with E-state index in [-0.39, 0.29) is 48.9 Å². The van der Waals surface area contributed by atoms with Gasteiger partial charge >= 0.3 is 0 Å². The Bertz CT molecular complexity index is 884. The van der Waals surface area contributed by atoms with Crippen LogP contribution in [0.1, 0.15) is 115 Å². The van der Waals surface area contributed by atoms with Gasteiger partial charge < -0.3 is 24.3 Å². The summed E-state index contributed by atoms with van der Waals surface area (Å²) in [5.74, 6) is 0.978. The topological polar surface area (TPSA) is 103 Å². The van der Waals surface area contributed by atoms with Crippen molar-refractivity contribution in [2.45, 2.75) is 132 Å². The molecule has 0 saturated carbocycles. The van der Waals surface area contributed by atoms with Crippen LogP contribution in [0, 0.1) is 29.6 Å². The zero-order chi connectivity index (χ0) is 33.7. The van der Waals surface area contributed by atoms with Crippen molar-refractivity contribution >= 4 is 17.7 Å². The predicted octanol–water partition coefficient (Wildman–Crippen LogP) is 6.02. The van der Waals surface area contributed by atoms with E-state index < -0.39 is 16.8 Å². The van der Waals surface area contributed by atoms with Crippen molar-refractivity contribution < 1.29 is 33.3 Å². The van der Waals surface area contributed by atoms with Crippen molar-refractivity contribution in [2.75, 3.05) is 46.1 Å². The second kappa shape index (κ2) is 18.6. The predicted molar refractivity (Wildman–Crippen MR) is 175 cm³/mol. The van der Waals surface area contributed by atoms with Crippen LogP contribution in [0.2, 0.25) is 0 Å². The molecule has 3 unspecified atom stereocenters. The Kier molecular flexibility index (Phi) is 17.1. The highest BCUT2D eigenvalue weighted by atomic mass is 16.6. The quantitative estimate of drug-likeness (QED) is 0.109. The first-order valence-corrected chi connectivity index (χ1v) is 16.9. The summed E-state index contributed by atoms with van der Waals surface area (Å²) in [5, 5.41) is 2.86. The summed E-state index contributed by atoms with van der Waals surface area (Å²) in [6, 6.07) is 0. The summed E-state index contributed by atoms with van der Waals surface area (Å²) in [6.45, 7) is 28.9. The molecule has 1 saturated heterocycles. The number of amides is 3. The van der Waals surface area contributed by atoms with Crippen molar-refractivity contribution in [1.29, 1.82) is 0 Å². The van der Waals surface area contributed by atoms with Crippen LogP contribution < -0.4 is 5.32 Å². The molecule has 3 atom stereocenters. The monoisotopic (exact) mass is 626 g/mol. The van der Waals surface area contributed by atoms with Gasteiger partial charge in [-0.1, -0.05) is 34.6 Å². The van der Waals surface area contributed by atoms with Crippen LogP contribution in [-0.2, 0) is 33.3 Å². The molecule has 0 spiro atoms. The first-order valence-electron chi connectivity index (χ1n) is 16.9. The number of imide groups is 1. The average Bonchev–Trinajstić information content (AvgIpc) is 3.15. The van der Waals surface area contributed by atoms with Crippen LogP contribution in [-0.4, -0.2) is 85.5 Å². The Hall–Kier alpha value is -1.55. The zero-order valence-electron chi connectivity index (χ0n) is 30.2. The van der Waals surface area contributed by atoms with E-state index in [0.29, 0.717) is 57.1 Å². The fourth-order valence-corrected chi connectivity index (χ4v) is 5.54. The van der Waals surface area contributed by atoms with E-state index >= 15 is 0 Å². The molecule has 0 aliphatic carbocycles. The maximum absolute atomic E-state index is 12.2. The van der Waals surface area contributed by atoms with E-state index in [0.717, 1.165) is 19.4 Å². The summed E-state index contributed by atoms with van der Waals surface area (Å²) < 4.78 is 25.1. The lowest BCUT2D eigenvalue weighted by atomic mass is 9.82. The first-order chi connectivity index (χ1) is 20.3. The van der Waals surface area contributed by atoms with Crippen LogP contribution in [0.15, 0.2) is 0 Å². The minimum absolute atomic E-state index is 0.0883. The van der Waals surface area contributed by atoms with Crippen molar-refractivity contribution in [3.05, 3.63) is 0 Å². The van der Waals surface area contributed by atoms with Crippen LogP contribution in [0.4, 0.5) is 0 Å². The number of carbonyl (C=O) groups excluding carboxylic acids is 3. The molecule has 0 radical (unpaired) electrons. The Morgan fingerprint density at radius 2 is 1.64 bits per heavy atom. The van der Waals surface area contributed by atoms with Gasteiger partial charge in [-0.15, -0.1) is 0 Å². The van der Waals surface area contributed by atoms with Crippen molar-refractivity contribution in [3.63, 3.8) is 0 Å². The minimum Gasteiger partial charge on any atom is -0.381 e. The van der Waals surface area contributed by atoms with Gasteiger partial charge in [0.1, 0.15) is 0 Å². The molecule has 1 aliphatic heterocycles. The lowest BCUT2D eigenvalue weighted by molar-refractivity contribution is -0.151. The molecule has 1 rings (SSSR count). The first kappa shape index (κ1) is 40.5. The standard InChI is InChI=1S/C35H66N2O7/c1-13-42-35(11,12)29(21-33(7,8)44-24-34(9,10)43-22-28(26(4)5)19-25(2)3)23-41-18-14-16-36-30(38)15-17-37-31(39)20-27(6)32(37)40/h25-29H,13-24H2,1-12H3,(H,36,38). The number of nitrogens with one attached hydrogen (secondary N) is 1. The zero-order valence-corrected chi connectivity index (χ0v) is 30.2. The van der Waals surface area contributed by atoms with Gasteiger partial charge in [-0.2, -0.15) is 0 Å². The number of hydrogen-bond donors (Lipinski definition) is 1. The molecule has 0 aromatic rings. The molecule has 9 heteroatoms. The molecule has 0 bridgehead atoms. The number of ether oxygens (including phenoxy) is 4. The van der Waals surface area contributed by atoms with Gasteiger partial charge in [0.2, 0.25) is 17.7 Å². The normalized spacial score (nSPS) is 18.0. The van der Waals surface area contributed by atoms with Crippen molar-refractivity contribution in [3.8, 4) is 0 Å². The maximum Gasteiger partial charge on any atom is 0.232 e. The van der Waals surface area contributed by atoms with Gasteiger partial charge in [-0.25, -0.2) is 0 Å². The SMILES string of the molecule is CCOC(C)(C)C(COCCCNC(=O)CCN1C(=O)CC(C)C1=O)CC(C)(C)OCC(C)(C)OCC(CC(C)C)C(C)C. The molecule has 1 fully saturated rings. The number of hydrogen-bond acceptors (Lipinski definition) is 7. The van der Waals surface area contributed by atoms with Crippen LogP contribution in [0.3, 0.4) is 0 Å². The Labute approximate surface area is 268 Å². The number of rotatable bonds is 23. The van der Waals surface area contributed by atoms with Gasteiger partial charge in [0.15, 0.2) is 0 Å². The van der Waals surface area contributed by atoms with Crippen LogP contribution in [0.5, 0.6) is 0 Å². The third-order valence-corrected chi connectivity index (χ3v) is 8.59. The molecular weight excluding hydrogens is 560 g/mol. The molecule has 258 valence electrons. The lowest BCUT2D eigenvalue weighted by Crippen LogP contribution is -2.44. The Morgan fingerprint density at radius 3 is 2.18 bits per heavy atom. The second-order valence-corrected chi connectivity index (χ2v) is 15.2. The largest absolute Gasteiger partial charge is 0.381 e. The van der Waals surface area contributed by atoms with E-state index in [4.69, 9.17) is 18.9 Å². The smallest absolute Gasteiger partial charge is 0.232 e. The van der Waals surface area contributed by atoms with Crippen molar-refractivity contribution in [2.24, 2.45) is 29.6 Å². The number of likely N-dealkylation sites (tertiary alicyclic amines) is 1. The molecular formula is C35H66N2O7. The van der Waals surface area contributed by atoms with Gasteiger partial charge in [-0.05, 0) is 85.5 Å². The molecule has 1 heterocycles. The average molecular weight is 627 g/mol. The minimum atomic E-state index is -0.414. The second-order valence-electron chi connectivity index (χ2n) is 15.2. The Morgan fingerprint density at radius 1 is 0.977 bits per heavy atom. The number of nitrogens with zero attached hydrogens (tertiary/aromatic N) is 1. The van der Waals surface area contributed by atoms with Gasteiger partial charge in [0.05, 0.1) is 36.6 Å². The van der Waals surface area contributed by atoms with Crippen LogP contribution >= 0.6 is 0 Å². The van der Waals surface area contributed by atoms with E-state index in [9.17, 15) is 14.4 Å². The van der Waals surface area contributed by atoms with Gasteiger partial charge in [0.25, 0.3) is 0 Å². The molecule has 9 nitrogen and oxygen atoms in total. The summed E-state index contributed by atoms with van der Waals surface area (Å²) in [7, 11) is 0. The van der Waals surface area contributed by atoms with E-state index in [1.54, 1.807) is 6.92 Å². The highest BCUT2D eigenvalue weighted by Crippen LogP contribution is 2.32. The van der Waals surface area contributed by atoms with E-state index in [1.807, 2.05) is 6.92 Å². The van der Waals surface area contributed by atoms with Gasteiger partial charge in [-0.3, -0.25) is 19.3 Å². The van der Waals surface area contributed by atoms with E-state index in [2.05, 4.69) is 74.6 Å². The molecule has 44 heavy (non-hydrogen) atoms. The number of carbonyl (C=O) groups is 3. The third kappa shape index (κ3) is 15.2. The maximum atomic E-state index is 12.2. The summed E-state index contributed by atoms with van der Waals surface area (Å²) in [4.78, 5) is 37.4. The highest BCUT2D eigenvalue weighted by Gasteiger charge is 2.37. The third-order valence-electron chi connectivity index (χ3n) is 8.59.